The van der Waals surface area contributed by atoms with E-state index < -0.39 is 0 Å². The zero-order valence-electron chi connectivity index (χ0n) is 16.6. The minimum atomic E-state index is 0.610. The molecule has 0 N–H and O–H groups in total. The van der Waals surface area contributed by atoms with Gasteiger partial charge >= 0.3 is 0 Å². The maximum absolute atomic E-state index is 5.39. The molecule has 4 aromatic rings. The van der Waals surface area contributed by atoms with E-state index in [0.29, 0.717) is 12.2 Å². The van der Waals surface area contributed by atoms with E-state index >= 15 is 0 Å². The highest BCUT2D eigenvalue weighted by molar-refractivity contribution is 7.98. The molecule has 0 saturated carbocycles. The second-order valence-corrected chi connectivity index (χ2v) is 7.37. The van der Waals surface area contributed by atoms with Gasteiger partial charge in [0.05, 0.1) is 19.9 Å². The predicted octanol–water partition coefficient (Wildman–Crippen LogP) is 4.32. The van der Waals surface area contributed by atoms with E-state index in [0.717, 1.165) is 40.6 Å². The molecule has 0 aliphatic heterocycles. The van der Waals surface area contributed by atoms with E-state index in [4.69, 9.17) is 14.6 Å². The third-order valence-corrected chi connectivity index (χ3v) is 5.50. The first-order chi connectivity index (χ1) is 14.2. The molecule has 0 aliphatic rings. The highest BCUT2D eigenvalue weighted by atomic mass is 32.2. The largest absolute Gasteiger partial charge is 0.493 e. The Kier molecular flexibility index (Phi) is 5.67. The van der Waals surface area contributed by atoms with Crippen LogP contribution in [-0.2, 0) is 12.8 Å². The molecule has 0 aliphatic carbocycles. The van der Waals surface area contributed by atoms with Crippen molar-refractivity contribution >= 4 is 17.5 Å². The molecular formula is C22H22N4O2S. The average Bonchev–Trinajstić information content (AvgIpc) is 3.20. The predicted molar refractivity (Wildman–Crippen MR) is 115 cm³/mol. The molecule has 6 nitrogen and oxygen atoms in total. The summed E-state index contributed by atoms with van der Waals surface area (Å²) < 4.78 is 12.5. The molecule has 2 heterocycles. The molecule has 0 bridgehead atoms. The Labute approximate surface area is 173 Å². The minimum Gasteiger partial charge on any atom is -0.493 e. The van der Waals surface area contributed by atoms with Crippen molar-refractivity contribution in [3.05, 3.63) is 66.1 Å². The number of hydrogen-bond acceptors (Lipinski definition) is 6. The van der Waals surface area contributed by atoms with E-state index in [2.05, 4.69) is 40.5 Å². The molecule has 148 valence electrons. The molecule has 0 atom stereocenters. The summed E-state index contributed by atoms with van der Waals surface area (Å²) >= 11 is 1.73. The zero-order valence-corrected chi connectivity index (χ0v) is 17.4. The molecule has 0 saturated heterocycles. The van der Waals surface area contributed by atoms with Crippen molar-refractivity contribution < 1.29 is 9.47 Å². The van der Waals surface area contributed by atoms with E-state index in [-0.39, 0.29) is 0 Å². The van der Waals surface area contributed by atoms with Gasteiger partial charge < -0.3 is 9.47 Å². The number of methoxy groups -OCH3 is 2. The van der Waals surface area contributed by atoms with Crippen LogP contribution in [0.25, 0.3) is 17.0 Å². The van der Waals surface area contributed by atoms with Crippen LogP contribution in [0, 0.1) is 0 Å². The Hall–Kier alpha value is -3.06. The Morgan fingerprint density at radius 1 is 0.931 bits per heavy atom. The highest BCUT2D eigenvalue weighted by Crippen LogP contribution is 2.28. The van der Waals surface area contributed by atoms with Crippen molar-refractivity contribution in [3.63, 3.8) is 0 Å². The van der Waals surface area contributed by atoms with E-state index in [9.17, 15) is 0 Å². The number of thioether (sulfide) groups is 1. The SMILES string of the molecule is COc1ccc(CCc2nc3nccc(-c4ccc(SC)cc4)n3n2)cc1OC. The smallest absolute Gasteiger partial charge is 0.252 e. The van der Waals surface area contributed by atoms with Crippen LogP contribution in [0.4, 0.5) is 0 Å². The monoisotopic (exact) mass is 406 g/mol. The summed E-state index contributed by atoms with van der Waals surface area (Å²) in [6.07, 6.45) is 5.36. The fraction of sp³-hybridized carbons (Fsp3) is 0.227. The van der Waals surface area contributed by atoms with Gasteiger partial charge in [0, 0.05) is 23.1 Å². The summed E-state index contributed by atoms with van der Waals surface area (Å²) in [6.45, 7) is 0. The summed E-state index contributed by atoms with van der Waals surface area (Å²) in [5.41, 5.74) is 3.21. The van der Waals surface area contributed by atoms with Crippen LogP contribution in [0.3, 0.4) is 0 Å². The molecular weight excluding hydrogens is 384 g/mol. The second kappa shape index (κ2) is 8.53. The number of ether oxygens (including phenoxy) is 2. The van der Waals surface area contributed by atoms with Crippen LogP contribution >= 0.6 is 11.8 Å². The molecule has 0 fully saturated rings. The number of rotatable bonds is 7. The Bertz CT molecular complexity index is 1130. The molecule has 0 radical (unpaired) electrons. The topological polar surface area (TPSA) is 61.5 Å². The van der Waals surface area contributed by atoms with Crippen LogP contribution in [-0.4, -0.2) is 40.1 Å². The van der Waals surface area contributed by atoms with Crippen LogP contribution in [0.15, 0.2) is 59.6 Å². The number of aryl methyl sites for hydroxylation is 2. The quantitative estimate of drug-likeness (QED) is 0.426. The first kappa shape index (κ1) is 19.3. The summed E-state index contributed by atoms with van der Waals surface area (Å²) in [7, 11) is 3.28. The number of benzene rings is 2. The van der Waals surface area contributed by atoms with Gasteiger partial charge in [0.1, 0.15) is 0 Å². The summed E-state index contributed by atoms with van der Waals surface area (Å²) in [6, 6.07) is 16.3. The van der Waals surface area contributed by atoms with E-state index in [1.54, 1.807) is 32.2 Å². The summed E-state index contributed by atoms with van der Waals surface area (Å²) in [5, 5.41) is 4.70. The lowest BCUT2D eigenvalue weighted by atomic mass is 10.1. The van der Waals surface area contributed by atoms with Gasteiger partial charge in [0.15, 0.2) is 17.3 Å². The first-order valence-corrected chi connectivity index (χ1v) is 10.5. The van der Waals surface area contributed by atoms with Gasteiger partial charge in [-0.3, -0.25) is 0 Å². The molecule has 2 aromatic heterocycles. The fourth-order valence-electron chi connectivity index (χ4n) is 3.21. The van der Waals surface area contributed by atoms with Crippen molar-refractivity contribution in [1.29, 1.82) is 0 Å². The van der Waals surface area contributed by atoms with Gasteiger partial charge in [-0.25, -0.2) is 4.98 Å². The first-order valence-electron chi connectivity index (χ1n) is 9.28. The van der Waals surface area contributed by atoms with E-state index in [1.807, 2.05) is 28.8 Å². The highest BCUT2D eigenvalue weighted by Gasteiger charge is 2.11. The lowest BCUT2D eigenvalue weighted by molar-refractivity contribution is 0.354. The van der Waals surface area contributed by atoms with Crippen molar-refractivity contribution in [2.24, 2.45) is 0 Å². The van der Waals surface area contributed by atoms with Crippen LogP contribution < -0.4 is 9.47 Å². The number of hydrogen-bond donors (Lipinski definition) is 0. The normalized spacial score (nSPS) is 11.0. The van der Waals surface area contributed by atoms with Crippen molar-refractivity contribution in [3.8, 4) is 22.8 Å². The van der Waals surface area contributed by atoms with Crippen LogP contribution in [0.5, 0.6) is 11.5 Å². The maximum Gasteiger partial charge on any atom is 0.252 e. The van der Waals surface area contributed by atoms with Gasteiger partial charge in [0.2, 0.25) is 0 Å². The van der Waals surface area contributed by atoms with Crippen molar-refractivity contribution in [2.45, 2.75) is 17.7 Å². The van der Waals surface area contributed by atoms with Gasteiger partial charge in [-0.05, 0) is 48.6 Å². The number of fused-ring (bicyclic) bond motifs is 1. The molecule has 29 heavy (non-hydrogen) atoms. The Morgan fingerprint density at radius 2 is 1.72 bits per heavy atom. The van der Waals surface area contributed by atoms with Gasteiger partial charge in [-0.15, -0.1) is 16.9 Å². The molecule has 0 amide bonds. The third-order valence-electron chi connectivity index (χ3n) is 4.76. The zero-order chi connectivity index (χ0) is 20.2. The lowest BCUT2D eigenvalue weighted by Gasteiger charge is -2.08. The van der Waals surface area contributed by atoms with Crippen LogP contribution in [0.2, 0.25) is 0 Å². The maximum atomic E-state index is 5.39. The van der Waals surface area contributed by atoms with Gasteiger partial charge in [-0.2, -0.15) is 9.50 Å². The van der Waals surface area contributed by atoms with Crippen molar-refractivity contribution in [1.82, 2.24) is 19.6 Å². The van der Waals surface area contributed by atoms with E-state index in [1.165, 1.54) is 4.90 Å². The molecule has 0 spiro atoms. The van der Waals surface area contributed by atoms with Gasteiger partial charge in [-0.1, -0.05) is 18.2 Å². The minimum absolute atomic E-state index is 0.610. The Morgan fingerprint density at radius 3 is 2.45 bits per heavy atom. The molecule has 7 heteroatoms. The van der Waals surface area contributed by atoms with Crippen LogP contribution in [0.1, 0.15) is 11.4 Å². The fourth-order valence-corrected chi connectivity index (χ4v) is 3.62. The third kappa shape index (κ3) is 4.05. The second-order valence-electron chi connectivity index (χ2n) is 6.49. The molecule has 0 unspecified atom stereocenters. The summed E-state index contributed by atoms with van der Waals surface area (Å²) in [4.78, 5) is 10.2. The van der Waals surface area contributed by atoms with Gasteiger partial charge in [0.25, 0.3) is 5.78 Å². The number of aromatic nitrogens is 4. The standard InChI is InChI=1S/C22H22N4O2S/c1-27-19-10-4-15(14-20(19)28-2)5-11-21-24-22-23-13-12-18(26(22)25-21)16-6-8-17(29-3)9-7-16/h4,6-10,12-14H,5,11H2,1-3H3. The summed E-state index contributed by atoms with van der Waals surface area (Å²) in [5.74, 6) is 2.83. The Balaban J connectivity index is 1.58. The molecule has 2 aromatic carbocycles. The lowest BCUT2D eigenvalue weighted by Crippen LogP contribution is -1.98. The number of nitrogens with zero attached hydrogens (tertiary/aromatic N) is 4. The average molecular weight is 407 g/mol. The molecule has 4 rings (SSSR count). The van der Waals surface area contributed by atoms with Crippen molar-refractivity contribution in [2.75, 3.05) is 20.5 Å².